The Balaban J connectivity index is 0.00000312. The van der Waals surface area contributed by atoms with E-state index in [-0.39, 0.29) is 24.8 Å². The number of aliphatic hydroxyl groups excluding tert-OH is 4. The van der Waals surface area contributed by atoms with E-state index in [4.69, 9.17) is 5.11 Å². The lowest BCUT2D eigenvalue weighted by molar-refractivity contribution is -0.00443. The highest BCUT2D eigenvalue weighted by Gasteiger charge is 2.43. The summed E-state index contributed by atoms with van der Waals surface area (Å²) in [5, 5.41) is 41.8. The van der Waals surface area contributed by atoms with E-state index in [0.717, 1.165) is 37.7 Å². The normalized spacial score (nSPS) is 27.1. The molecular weight excluding hydrogens is 349 g/mol. The quantitative estimate of drug-likeness (QED) is 0.416. The van der Waals surface area contributed by atoms with Crippen molar-refractivity contribution < 1.29 is 24.8 Å². The number of nitrogens with one attached hydrogen (secondary N) is 1. The second-order valence-electron chi connectivity index (χ2n) is 6.61. The maximum absolute atomic E-state index is 12.8. The van der Waals surface area contributed by atoms with Crippen LogP contribution in [0.2, 0.25) is 0 Å². The van der Waals surface area contributed by atoms with Gasteiger partial charge in [0.25, 0.3) is 0 Å². The Bertz CT molecular complexity index is 490. The van der Waals surface area contributed by atoms with E-state index < -0.39 is 30.4 Å². The van der Waals surface area contributed by atoms with E-state index >= 15 is 0 Å². The third kappa shape index (κ3) is 6.47. The molecule has 0 aromatic heterocycles. The molecule has 0 aliphatic carbocycles. The Kier molecular flexibility index (Phi) is 9.86. The Morgan fingerprint density at radius 3 is 2.24 bits per heavy atom. The van der Waals surface area contributed by atoms with E-state index in [1.807, 2.05) is 0 Å². The van der Waals surface area contributed by atoms with Crippen molar-refractivity contribution in [1.82, 2.24) is 5.32 Å². The molecule has 1 fully saturated rings. The van der Waals surface area contributed by atoms with Gasteiger partial charge in [0.15, 0.2) is 0 Å². The Hall–Kier alpha value is -0.760. The molecule has 0 saturated carbocycles. The predicted octanol–water partition coefficient (Wildman–Crippen LogP) is 1.16. The van der Waals surface area contributed by atoms with Gasteiger partial charge < -0.3 is 25.7 Å². The summed E-state index contributed by atoms with van der Waals surface area (Å²) in [6, 6.07) is 5.36. The van der Waals surface area contributed by atoms with E-state index in [2.05, 4.69) is 5.32 Å². The van der Waals surface area contributed by atoms with Crippen LogP contribution < -0.4 is 5.32 Å². The number of benzene rings is 1. The fraction of sp³-hybridized carbons (Fsp3) is 0.667. The zero-order valence-electron chi connectivity index (χ0n) is 14.2. The monoisotopic (exact) mass is 377 g/mol. The van der Waals surface area contributed by atoms with Crippen LogP contribution in [0.15, 0.2) is 24.3 Å². The molecule has 5 nitrogen and oxygen atoms in total. The van der Waals surface area contributed by atoms with E-state index in [1.54, 1.807) is 12.1 Å². The lowest BCUT2D eigenvalue weighted by Gasteiger charge is -2.22. The number of aryl methyl sites for hydroxylation is 1. The van der Waals surface area contributed by atoms with Gasteiger partial charge in [-0.2, -0.15) is 0 Å². The summed E-state index contributed by atoms with van der Waals surface area (Å²) in [7, 11) is 0. The number of unbranched alkanes of at least 4 members (excludes halogenated alkanes) is 3. The zero-order chi connectivity index (χ0) is 17.5. The molecule has 5 N–H and O–H groups in total. The maximum atomic E-state index is 12.8. The van der Waals surface area contributed by atoms with Gasteiger partial charge >= 0.3 is 0 Å². The van der Waals surface area contributed by atoms with Crippen molar-refractivity contribution in [3.05, 3.63) is 35.6 Å². The minimum atomic E-state index is -1.06. The lowest BCUT2D eigenvalue weighted by Crippen LogP contribution is -2.44. The topological polar surface area (TPSA) is 93.0 Å². The van der Waals surface area contributed by atoms with Crippen LogP contribution in [0.3, 0.4) is 0 Å². The Labute approximate surface area is 154 Å². The van der Waals surface area contributed by atoms with Crippen molar-refractivity contribution in [3.8, 4) is 0 Å². The molecule has 1 aromatic rings. The van der Waals surface area contributed by atoms with Gasteiger partial charge in [0, 0.05) is 0 Å². The average Bonchev–Trinajstić information content (AvgIpc) is 2.87. The van der Waals surface area contributed by atoms with Crippen LogP contribution in [-0.2, 0) is 6.42 Å². The largest absolute Gasteiger partial charge is 0.395 e. The molecule has 5 atom stereocenters. The van der Waals surface area contributed by atoms with Gasteiger partial charge in [0.05, 0.1) is 37.0 Å². The second-order valence-corrected chi connectivity index (χ2v) is 6.61. The first-order valence-electron chi connectivity index (χ1n) is 8.68. The lowest BCUT2D eigenvalue weighted by atomic mass is 9.98. The molecule has 144 valence electrons. The molecule has 0 spiro atoms. The molecule has 7 heteroatoms. The molecule has 1 saturated heterocycles. The molecule has 1 aromatic carbocycles. The molecule has 0 unspecified atom stereocenters. The van der Waals surface area contributed by atoms with Gasteiger partial charge in [-0.1, -0.05) is 31.4 Å². The predicted molar refractivity (Wildman–Crippen MR) is 96.3 cm³/mol. The van der Waals surface area contributed by atoms with Gasteiger partial charge in [-0.05, 0) is 37.0 Å². The summed E-state index contributed by atoms with van der Waals surface area (Å²) < 4.78 is 12.8. The summed E-state index contributed by atoms with van der Waals surface area (Å²) in [4.78, 5) is 0. The van der Waals surface area contributed by atoms with E-state index in [0.29, 0.717) is 6.42 Å². The van der Waals surface area contributed by atoms with Gasteiger partial charge in [-0.25, -0.2) is 4.39 Å². The number of halogens is 2. The van der Waals surface area contributed by atoms with Crippen molar-refractivity contribution in [2.75, 3.05) is 6.61 Å². The third-order valence-electron chi connectivity index (χ3n) is 4.78. The zero-order valence-corrected chi connectivity index (χ0v) is 15.0. The third-order valence-corrected chi connectivity index (χ3v) is 4.78. The minimum absolute atomic E-state index is 0. The SMILES string of the molecule is Cl.OC[C@H]1N[C@H]([C@@H](O)CCCCCCc2ccc(F)cc2)[C@@H](O)[C@@H]1O. The number of aliphatic hydroxyl groups is 4. The Morgan fingerprint density at radius 1 is 1.00 bits per heavy atom. The second kappa shape index (κ2) is 11.1. The van der Waals surface area contributed by atoms with Crippen LogP contribution in [0.25, 0.3) is 0 Å². The summed E-state index contributed by atoms with van der Waals surface area (Å²) in [5.74, 6) is -0.219. The molecule has 0 amide bonds. The summed E-state index contributed by atoms with van der Waals surface area (Å²) in [5.41, 5.74) is 1.12. The molecule has 0 bridgehead atoms. The van der Waals surface area contributed by atoms with Crippen LogP contribution in [0, 0.1) is 5.82 Å². The minimum Gasteiger partial charge on any atom is -0.395 e. The first-order valence-corrected chi connectivity index (χ1v) is 8.68. The molecule has 2 rings (SSSR count). The van der Waals surface area contributed by atoms with Crippen LogP contribution in [-0.4, -0.2) is 57.4 Å². The first-order chi connectivity index (χ1) is 11.5. The fourth-order valence-corrected chi connectivity index (χ4v) is 3.26. The summed E-state index contributed by atoms with van der Waals surface area (Å²) in [6.45, 7) is -0.273. The molecule has 1 aliphatic heterocycles. The highest BCUT2D eigenvalue weighted by Crippen LogP contribution is 2.20. The average molecular weight is 378 g/mol. The van der Waals surface area contributed by atoms with Crippen molar-refractivity contribution in [1.29, 1.82) is 0 Å². The van der Waals surface area contributed by atoms with Crippen LogP contribution in [0.5, 0.6) is 0 Å². The molecule has 1 heterocycles. The highest BCUT2D eigenvalue weighted by atomic mass is 35.5. The van der Waals surface area contributed by atoms with Gasteiger partial charge in [-0.3, -0.25) is 0 Å². The summed E-state index contributed by atoms with van der Waals surface area (Å²) in [6.07, 6.45) is 2.42. The van der Waals surface area contributed by atoms with Crippen molar-refractivity contribution in [2.45, 2.75) is 68.9 Å². The number of hydrogen-bond donors (Lipinski definition) is 5. The molecule has 25 heavy (non-hydrogen) atoms. The molecule has 1 aliphatic rings. The first kappa shape index (κ1) is 22.3. The van der Waals surface area contributed by atoms with Crippen LogP contribution in [0.1, 0.15) is 37.7 Å². The van der Waals surface area contributed by atoms with Gasteiger partial charge in [-0.15, -0.1) is 12.4 Å². The van der Waals surface area contributed by atoms with Crippen molar-refractivity contribution >= 4 is 12.4 Å². The van der Waals surface area contributed by atoms with Gasteiger partial charge in [0.1, 0.15) is 5.82 Å². The van der Waals surface area contributed by atoms with Gasteiger partial charge in [0.2, 0.25) is 0 Å². The van der Waals surface area contributed by atoms with E-state index in [1.165, 1.54) is 12.1 Å². The van der Waals surface area contributed by atoms with Crippen LogP contribution >= 0.6 is 12.4 Å². The highest BCUT2D eigenvalue weighted by molar-refractivity contribution is 5.85. The van der Waals surface area contributed by atoms with Crippen molar-refractivity contribution in [2.24, 2.45) is 0 Å². The fourth-order valence-electron chi connectivity index (χ4n) is 3.26. The molecular formula is C18H29ClFNO4. The summed E-state index contributed by atoms with van der Waals surface area (Å²) >= 11 is 0. The van der Waals surface area contributed by atoms with Crippen molar-refractivity contribution in [3.63, 3.8) is 0 Å². The number of hydrogen-bond acceptors (Lipinski definition) is 5. The smallest absolute Gasteiger partial charge is 0.123 e. The maximum Gasteiger partial charge on any atom is 0.123 e. The van der Waals surface area contributed by atoms with Crippen LogP contribution in [0.4, 0.5) is 4.39 Å². The number of rotatable bonds is 9. The standard InChI is InChI=1S/C18H28FNO4.ClH/c19-13-9-7-12(8-10-13)5-3-1-2-4-6-15(22)16-18(24)17(23)14(11-21)20-16;/h7-10,14-18,20-24H,1-6,11H2;1H/t14-,15+,16-,17-,18-;/m1./s1. The Morgan fingerprint density at radius 2 is 1.64 bits per heavy atom. The van der Waals surface area contributed by atoms with E-state index in [9.17, 15) is 19.7 Å². The molecule has 0 radical (unpaired) electrons.